The van der Waals surface area contributed by atoms with Gasteiger partial charge in [-0.2, -0.15) is 0 Å². The lowest BCUT2D eigenvalue weighted by molar-refractivity contribution is 0.171. The van der Waals surface area contributed by atoms with Crippen molar-refractivity contribution in [2.45, 2.75) is 19.9 Å². The topological polar surface area (TPSA) is 59.0 Å². The van der Waals surface area contributed by atoms with Crippen molar-refractivity contribution in [2.24, 2.45) is 4.99 Å². The van der Waals surface area contributed by atoms with Crippen LogP contribution in [0.25, 0.3) is 0 Å². The molecule has 146 valence electrons. The van der Waals surface area contributed by atoms with Crippen LogP contribution in [0.1, 0.15) is 16.8 Å². The van der Waals surface area contributed by atoms with Crippen LogP contribution < -0.4 is 14.8 Å². The maximum Gasteiger partial charge on any atom is 0.193 e. The smallest absolute Gasteiger partial charge is 0.193 e. The lowest BCUT2D eigenvalue weighted by atomic mass is 10.2. The van der Waals surface area contributed by atoms with Crippen LogP contribution in [-0.2, 0) is 13.0 Å². The molecule has 0 unspecified atom stereocenters. The number of halogens is 1. The maximum absolute atomic E-state index is 5.66. The zero-order valence-electron chi connectivity index (χ0n) is 16.1. The first-order valence-electron chi connectivity index (χ1n) is 8.87. The molecule has 1 N–H and O–H groups in total. The first-order valence-corrected chi connectivity index (χ1v) is 8.87. The minimum absolute atomic E-state index is 0. The Bertz CT molecular complexity index is 765. The number of ether oxygens (including phenoxy) is 2. The fraction of sp³-hybridized carbons (Fsp3) is 0.400. The van der Waals surface area contributed by atoms with E-state index in [1.165, 1.54) is 5.56 Å². The summed E-state index contributed by atoms with van der Waals surface area (Å²) in [5.74, 6) is 2.49. The third kappa shape index (κ3) is 5.98. The number of aromatic nitrogens is 1. The van der Waals surface area contributed by atoms with Gasteiger partial charge in [0.1, 0.15) is 13.2 Å². The first kappa shape index (κ1) is 21.3. The second-order valence-electron chi connectivity index (χ2n) is 6.37. The number of hydrogen-bond acceptors (Lipinski definition) is 4. The highest BCUT2D eigenvalue weighted by Gasteiger charge is 2.13. The predicted octanol–water partition coefficient (Wildman–Crippen LogP) is 3.03. The monoisotopic (exact) mass is 482 g/mol. The van der Waals surface area contributed by atoms with Gasteiger partial charge in [0.25, 0.3) is 0 Å². The number of fused-ring (bicyclic) bond motifs is 1. The van der Waals surface area contributed by atoms with Gasteiger partial charge in [-0.1, -0.05) is 12.1 Å². The highest BCUT2D eigenvalue weighted by atomic mass is 127. The first-order chi connectivity index (χ1) is 12.7. The summed E-state index contributed by atoms with van der Waals surface area (Å²) < 4.78 is 11.2. The second kappa shape index (κ2) is 10.3. The Morgan fingerprint density at radius 2 is 1.89 bits per heavy atom. The van der Waals surface area contributed by atoms with Gasteiger partial charge in [0.2, 0.25) is 0 Å². The molecule has 0 atom stereocenters. The van der Waals surface area contributed by atoms with Crippen LogP contribution in [0.3, 0.4) is 0 Å². The fourth-order valence-corrected chi connectivity index (χ4v) is 2.88. The minimum atomic E-state index is 0. The molecule has 1 aliphatic rings. The fourth-order valence-electron chi connectivity index (χ4n) is 2.88. The van der Waals surface area contributed by atoms with E-state index in [2.05, 4.69) is 32.3 Å². The van der Waals surface area contributed by atoms with Crippen molar-refractivity contribution in [2.75, 3.05) is 33.9 Å². The SMILES string of the molecule is CN=C(NCCc1ccc(C)nc1)N(C)Cc1ccc2c(c1)OCCO2.I. The van der Waals surface area contributed by atoms with Gasteiger partial charge in [-0.25, -0.2) is 0 Å². The number of guanidine groups is 1. The number of benzene rings is 1. The Balaban J connectivity index is 0.00000261. The molecule has 3 rings (SSSR count). The van der Waals surface area contributed by atoms with Gasteiger partial charge in [0.15, 0.2) is 17.5 Å². The van der Waals surface area contributed by atoms with Crippen molar-refractivity contribution in [1.82, 2.24) is 15.2 Å². The Morgan fingerprint density at radius 1 is 1.15 bits per heavy atom. The van der Waals surface area contributed by atoms with Crippen LogP contribution in [0.2, 0.25) is 0 Å². The van der Waals surface area contributed by atoms with Crippen molar-refractivity contribution < 1.29 is 9.47 Å². The molecule has 1 aliphatic heterocycles. The number of nitrogens with one attached hydrogen (secondary N) is 1. The van der Waals surface area contributed by atoms with Crippen LogP contribution in [0, 0.1) is 6.92 Å². The lowest BCUT2D eigenvalue weighted by Crippen LogP contribution is -2.39. The maximum atomic E-state index is 5.66. The third-order valence-corrected chi connectivity index (χ3v) is 4.27. The molecular formula is C20H27IN4O2. The summed E-state index contributed by atoms with van der Waals surface area (Å²) in [6.07, 6.45) is 2.84. The van der Waals surface area contributed by atoms with Crippen molar-refractivity contribution in [3.63, 3.8) is 0 Å². The molecule has 0 fully saturated rings. The normalized spacial score (nSPS) is 12.9. The van der Waals surface area contributed by atoms with Gasteiger partial charge >= 0.3 is 0 Å². The number of aryl methyl sites for hydroxylation is 1. The minimum Gasteiger partial charge on any atom is -0.486 e. The molecular weight excluding hydrogens is 455 g/mol. The molecule has 0 spiro atoms. The quantitative estimate of drug-likeness (QED) is 0.404. The Morgan fingerprint density at radius 3 is 2.59 bits per heavy atom. The molecule has 7 heteroatoms. The summed E-state index contributed by atoms with van der Waals surface area (Å²) in [6, 6.07) is 10.2. The molecule has 0 bridgehead atoms. The molecule has 2 aromatic rings. The molecule has 0 aliphatic carbocycles. The molecule has 0 amide bonds. The summed E-state index contributed by atoms with van der Waals surface area (Å²) in [4.78, 5) is 10.8. The van der Waals surface area contributed by atoms with E-state index in [1.807, 2.05) is 38.4 Å². The molecule has 0 saturated carbocycles. The molecule has 2 heterocycles. The van der Waals surface area contributed by atoms with Gasteiger partial charge < -0.3 is 19.7 Å². The number of rotatable bonds is 5. The van der Waals surface area contributed by atoms with Gasteiger partial charge in [-0.15, -0.1) is 24.0 Å². The van der Waals surface area contributed by atoms with E-state index in [0.717, 1.165) is 48.2 Å². The summed E-state index contributed by atoms with van der Waals surface area (Å²) in [6.45, 7) is 4.75. The van der Waals surface area contributed by atoms with E-state index in [0.29, 0.717) is 13.2 Å². The van der Waals surface area contributed by atoms with E-state index < -0.39 is 0 Å². The standard InChI is InChI=1S/C20H26N4O2.HI/c1-15-4-5-16(13-23-15)8-9-22-20(21-2)24(3)14-17-6-7-18-19(12-17)26-11-10-25-18;/h4-7,12-13H,8-11,14H2,1-3H3,(H,21,22);1H. The molecule has 1 aromatic heterocycles. The van der Waals surface area contributed by atoms with Crippen LogP contribution in [0.4, 0.5) is 0 Å². The summed E-state index contributed by atoms with van der Waals surface area (Å²) in [5.41, 5.74) is 3.41. The average molecular weight is 482 g/mol. The van der Waals surface area contributed by atoms with E-state index in [-0.39, 0.29) is 24.0 Å². The van der Waals surface area contributed by atoms with E-state index in [1.54, 1.807) is 7.05 Å². The summed E-state index contributed by atoms with van der Waals surface area (Å²) in [7, 11) is 3.83. The zero-order chi connectivity index (χ0) is 18.4. The van der Waals surface area contributed by atoms with Crippen molar-refractivity contribution in [3.05, 3.63) is 53.3 Å². The van der Waals surface area contributed by atoms with Crippen molar-refractivity contribution >= 4 is 29.9 Å². The van der Waals surface area contributed by atoms with Gasteiger partial charge in [0.05, 0.1) is 0 Å². The van der Waals surface area contributed by atoms with E-state index >= 15 is 0 Å². The number of nitrogens with zero attached hydrogens (tertiary/aromatic N) is 3. The number of aliphatic imine (C=N–C) groups is 1. The lowest BCUT2D eigenvalue weighted by Gasteiger charge is -2.24. The van der Waals surface area contributed by atoms with Crippen LogP contribution in [0.5, 0.6) is 11.5 Å². The van der Waals surface area contributed by atoms with Crippen LogP contribution >= 0.6 is 24.0 Å². The van der Waals surface area contributed by atoms with Crippen LogP contribution in [-0.4, -0.2) is 49.7 Å². The largest absolute Gasteiger partial charge is 0.486 e. The van der Waals surface area contributed by atoms with Gasteiger partial charge in [-0.3, -0.25) is 9.98 Å². The summed E-state index contributed by atoms with van der Waals surface area (Å²) in [5, 5.41) is 3.41. The summed E-state index contributed by atoms with van der Waals surface area (Å²) >= 11 is 0. The number of hydrogen-bond donors (Lipinski definition) is 1. The molecule has 0 saturated heterocycles. The van der Waals surface area contributed by atoms with Crippen molar-refractivity contribution in [1.29, 1.82) is 0 Å². The Kier molecular flexibility index (Phi) is 8.15. The van der Waals surface area contributed by atoms with Gasteiger partial charge in [-0.05, 0) is 42.7 Å². The van der Waals surface area contributed by atoms with Crippen LogP contribution in [0.15, 0.2) is 41.5 Å². The average Bonchev–Trinajstić information content (AvgIpc) is 2.66. The Hall–Kier alpha value is -2.03. The zero-order valence-corrected chi connectivity index (χ0v) is 18.4. The molecule has 1 aromatic carbocycles. The highest BCUT2D eigenvalue weighted by Crippen LogP contribution is 2.31. The molecule has 6 nitrogen and oxygen atoms in total. The van der Waals surface area contributed by atoms with E-state index in [9.17, 15) is 0 Å². The highest BCUT2D eigenvalue weighted by molar-refractivity contribution is 14.0. The Labute approximate surface area is 178 Å². The van der Waals surface area contributed by atoms with E-state index in [4.69, 9.17) is 9.47 Å². The second-order valence-corrected chi connectivity index (χ2v) is 6.37. The molecule has 0 radical (unpaired) electrons. The van der Waals surface area contributed by atoms with Gasteiger partial charge in [0, 0.05) is 39.1 Å². The molecule has 27 heavy (non-hydrogen) atoms. The number of pyridine rings is 1. The third-order valence-electron chi connectivity index (χ3n) is 4.27. The van der Waals surface area contributed by atoms with Crippen molar-refractivity contribution in [3.8, 4) is 11.5 Å². The predicted molar refractivity (Wildman–Crippen MR) is 118 cm³/mol.